The summed E-state index contributed by atoms with van der Waals surface area (Å²) in [5.74, 6) is -0.332. The lowest BCUT2D eigenvalue weighted by Gasteiger charge is -2.33. The lowest BCUT2D eigenvalue weighted by molar-refractivity contribution is 0.476. The molecule has 0 amide bonds. The highest BCUT2D eigenvalue weighted by atomic mass is 35.5. The van der Waals surface area contributed by atoms with Crippen LogP contribution >= 0.6 is 34.8 Å². The fraction of sp³-hybridized carbons (Fsp3) is 0.176. The molecule has 0 aromatic heterocycles. The van der Waals surface area contributed by atoms with Gasteiger partial charge in [-0.2, -0.15) is 0 Å². The predicted octanol–water partition coefficient (Wildman–Crippen LogP) is 10.7. The van der Waals surface area contributed by atoms with Gasteiger partial charge in [-0.3, -0.25) is 0 Å². The van der Waals surface area contributed by atoms with Crippen LogP contribution in [0.3, 0.4) is 0 Å². The first-order valence-electron chi connectivity index (χ1n) is 13.6. The van der Waals surface area contributed by atoms with Crippen molar-refractivity contribution in [2.75, 3.05) is 9.62 Å². The third kappa shape index (κ3) is 6.16. The second-order valence-electron chi connectivity index (χ2n) is 11.6. The minimum atomic E-state index is -4.26. The van der Waals surface area contributed by atoms with Gasteiger partial charge < -0.3 is 10.4 Å². The van der Waals surface area contributed by atoms with Gasteiger partial charge >= 0.3 is 0 Å². The number of rotatable bonds is 6. The molecule has 0 atom stereocenters. The molecule has 9 heteroatoms. The molecule has 5 nitrogen and oxygen atoms in total. The molecule has 0 spiro atoms. The maximum absolute atomic E-state index is 14.7. The second kappa shape index (κ2) is 11.6. The van der Waals surface area contributed by atoms with E-state index in [4.69, 9.17) is 34.8 Å². The molecule has 0 saturated heterocycles. The Morgan fingerprint density at radius 1 is 0.744 bits per heavy atom. The van der Waals surface area contributed by atoms with Gasteiger partial charge in [0.05, 0.1) is 26.3 Å². The Morgan fingerprint density at radius 2 is 1.30 bits per heavy atom. The molecule has 0 unspecified atom stereocenters. The van der Waals surface area contributed by atoms with Gasteiger partial charge in [-0.25, -0.2) is 12.7 Å². The number of hydrogen-bond acceptors (Lipinski definition) is 4. The number of phenols is 1. The van der Waals surface area contributed by atoms with Gasteiger partial charge in [0.15, 0.2) is 5.75 Å². The third-order valence-corrected chi connectivity index (χ3v) is 9.76. The van der Waals surface area contributed by atoms with Crippen LogP contribution in [0.15, 0.2) is 89.8 Å². The van der Waals surface area contributed by atoms with Crippen LogP contribution in [0.25, 0.3) is 10.8 Å². The molecule has 0 bridgehead atoms. The van der Waals surface area contributed by atoms with Crippen molar-refractivity contribution < 1.29 is 13.5 Å². The first-order valence-corrected chi connectivity index (χ1v) is 16.1. The zero-order valence-electron chi connectivity index (χ0n) is 24.3. The summed E-state index contributed by atoms with van der Waals surface area (Å²) in [6.07, 6.45) is 0. The highest BCUT2D eigenvalue weighted by Crippen LogP contribution is 2.49. The zero-order chi connectivity index (χ0) is 31.3. The monoisotopic (exact) mass is 652 g/mol. The van der Waals surface area contributed by atoms with Crippen LogP contribution < -0.4 is 9.62 Å². The van der Waals surface area contributed by atoms with Gasteiger partial charge in [0, 0.05) is 27.2 Å². The number of hydrogen-bond donors (Lipinski definition) is 2. The fourth-order valence-electron chi connectivity index (χ4n) is 4.94. The van der Waals surface area contributed by atoms with Crippen LogP contribution in [0.2, 0.25) is 15.1 Å². The van der Waals surface area contributed by atoms with Crippen molar-refractivity contribution in [3.8, 4) is 5.75 Å². The zero-order valence-corrected chi connectivity index (χ0v) is 27.4. The van der Waals surface area contributed by atoms with Crippen molar-refractivity contribution in [1.29, 1.82) is 0 Å². The van der Waals surface area contributed by atoms with E-state index in [2.05, 4.69) is 5.32 Å². The molecule has 0 radical (unpaired) electrons. The molecule has 222 valence electrons. The van der Waals surface area contributed by atoms with Gasteiger partial charge in [0.1, 0.15) is 0 Å². The van der Waals surface area contributed by atoms with Crippen LogP contribution in [0.4, 0.5) is 22.7 Å². The van der Waals surface area contributed by atoms with Crippen molar-refractivity contribution in [3.05, 3.63) is 117 Å². The summed E-state index contributed by atoms with van der Waals surface area (Å²) in [5, 5.41) is 15.5. The topological polar surface area (TPSA) is 69.6 Å². The summed E-state index contributed by atoms with van der Waals surface area (Å²) >= 11 is 19.4. The molecule has 0 saturated carbocycles. The van der Waals surface area contributed by atoms with E-state index >= 15 is 0 Å². The Bertz CT molecular complexity index is 1930. The lowest BCUT2D eigenvalue weighted by Crippen LogP contribution is -2.29. The Labute approximate surface area is 267 Å². The van der Waals surface area contributed by atoms with Crippen molar-refractivity contribution in [1.82, 2.24) is 0 Å². The molecular weight excluding hydrogens is 623 g/mol. The SMILES string of the molecule is Cc1ccc(Nc2cc(C(C)(C)C)c(N(c3cc(Cl)c(O)c(Cl)c3)S(=O)(=O)c3ccc(C)cc3)c3cc(Cl)ccc23)cc1. The smallest absolute Gasteiger partial charge is 0.268 e. The summed E-state index contributed by atoms with van der Waals surface area (Å²) in [4.78, 5) is 0.0790. The molecule has 5 aromatic rings. The molecule has 0 fully saturated rings. The highest BCUT2D eigenvalue weighted by Gasteiger charge is 2.34. The molecule has 0 aliphatic heterocycles. The number of halogens is 3. The Kier molecular flexibility index (Phi) is 8.36. The molecule has 2 N–H and O–H groups in total. The van der Waals surface area contributed by atoms with Crippen molar-refractivity contribution in [2.45, 2.75) is 44.9 Å². The van der Waals surface area contributed by atoms with Crippen molar-refractivity contribution in [2.24, 2.45) is 0 Å². The highest BCUT2D eigenvalue weighted by molar-refractivity contribution is 7.93. The van der Waals surface area contributed by atoms with Gasteiger partial charge in [-0.05, 0) is 79.4 Å². The van der Waals surface area contributed by atoms with Crippen molar-refractivity contribution >= 4 is 78.3 Å². The summed E-state index contributed by atoms with van der Waals surface area (Å²) in [5.41, 5.74) is 4.48. The number of nitrogens with zero attached hydrogens (tertiary/aromatic N) is 1. The van der Waals surface area contributed by atoms with E-state index in [1.165, 1.54) is 16.4 Å². The molecule has 5 rings (SSSR count). The Morgan fingerprint density at radius 3 is 1.86 bits per heavy atom. The molecule has 0 aliphatic carbocycles. The number of nitrogens with one attached hydrogen (secondary N) is 1. The standard InChI is InChI=1S/C34H31Cl3N2O3S/c1-20-6-11-23(12-7-20)38-31-19-28(34(3,4)5)32(27-16-22(35)10-15-26(27)31)39(24-17-29(36)33(40)30(37)18-24)43(41,42)25-13-8-21(2)9-14-25/h6-19,38,40H,1-5H3. The second-order valence-corrected chi connectivity index (χ2v) is 14.6. The van der Waals surface area contributed by atoms with E-state index in [0.717, 1.165) is 33.5 Å². The first kappa shape index (κ1) is 31.0. The van der Waals surface area contributed by atoms with E-state index in [-0.39, 0.29) is 26.4 Å². The van der Waals surface area contributed by atoms with Gasteiger partial charge in [-0.1, -0.05) is 97.0 Å². The van der Waals surface area contributed by atoms with E-state index in [1.54, 1.807) is 36.4 Å². The number of fused-ring (bicyclic) bond motifs is 1. The Balaban J connectivity index is 1.91. The Hall–Kier alpha value is -3.42. The summed E-state index contributed by atoms with van der Waals surface area (Å²) < 4.78 is 30.6. The lowest BCUT2D eigenvalue weighted by atomic mass is 9.83. The third-order valence-electron chi connectivity index (χ3n) is 7.21. The normalized spacial score (nSPS) is 12.0. The summed E-state index contributed by atoms with van der Waals surface area (Å²) in [6.45, 7) is 9.97. The van der Waals surface area contributed by atoms with Gasteiger partial charge in [-0.15, -0.1) is 0 Å². The number of anilines is 4. The van der Waals surface area contributed by atoms with Crippen molar-refractivity contribution in [3.63, 3.8) is 0 Å². The number of aryl methyl sites for hydroxylation is 2. The minimum Gasteiger partial charge on any atom is -0.505 e. The van der Waals surface area contributed by atoms with Crippen LogP contribution in [-0.4, -0.2) is 13.5 Å². The number of benzene rings is 5. The molecule has 43 heavy (non-hydrogen) atoms. The van der Waals surface area contributed by atoms with E-state index in [9.17, 15) is 13.5 Å². The summed E-state index contributed by atoms with van der Waals surface area (Å²) in [6, 6.07) is 24.9. The molecule has 5 aromatic carbocycles. The van der Waals surface area contributed by atoms with Crippen LogP contribution in [-0.2, 0) is 15.4 Å². The van der Waals surface area contributed by atoms with Crippen LogP contribution in [0, 0.1) is 13.8 Å². The van der Waals surface area contributed by atoms with Gasteiger partial charge in [0.25, 0.3) is 10.0 Å². The van der Waals surface area contributed by atoms with E-state index in [0.29, 0.717) is 16.1 Å². The summed E-state index contributed by atoms with van der Waals surface area (Å²) in [7, 11) is -4.26. The molecule has 0 aliphatic rings. The molecular formula is C34H31Cl3N2O3S. The molecule has 0 heterocycles. The fourth-order valence-corrected chi connectivity index (χ4v) is 7.10. The average Bonchev–Trinajstić information content (AvgIpc) is 2.93. The quantitative estimate of drug-likeness (QED) is 0.191. The minimum absolute atomic E-state index is 0.0790. The van der Waals surface area contributed by atoms with Crippen LogP contribution in [0.1, 0.15) is 37.5 Å². The van der Waals surface area contributed by atoms with Gasteiger partial charge in [0.2, 0.25) is 0 Å². The van der Waals surface area contributed by atoms with Crippen LogP contribution in [0.5, 0.6) is 5.75 Å². The van der Waals surface area contributed by atoms with E-state index in [1.807, 2.05) is 71.0 Å². The first-order chi connectivity index (χ1) is 20.2. The maximum atomic E-state index is 14.7. The number of phenolic OH excluding ortho intramolecular Hbond substituents is 1. The predicted molar refractivity (Wildman–Crippen MR) is 181 cm³/mol. The largest absolute Gasteiger partial charge is 0.505 e. The average molecular weight is 654 g/mol. The maximum Gasteiger partial charge on any atom is 0.268 e. The van der Waals surface area contributed by atoms with E-state index < -0.39 is 15.4 Å². The number of sulfonamides is 1. The number of aromatic hydroxyl groups is 1.